The summed E-state index contributed by atoms with van der Waals surface area (Å²) in [6, 6.07) is 14.9. The number of likely N-dealkylation sites (N-methyl/N-ethyl adjacent to an activating group) is 1. The molecule has 2 amide bonds. The fraction of sp³-hybridized carbons (Fsp3) is 0.190. The number of aryl methyl sites for hydroxylation is 1. The second kappa shape index (κ2) is 9.17. The molecule has 0 aromatic heterocycles. The van der Waals surface area contributed by atoms with Gasteiger partial charge in [-0.1, -0.05) is 29.8 Å². The number of carbonyl (C=O) groups is 2. The third-order valence-corrected chi connectivity index (χ3v) is 5.33. The average Bonchev–Trinajstić information content (AvgIpc) is 2.68. The van der Waals surface area contributed by atoms with Crippen LogP contribution in [0.25, 0.3) is 5.70 Å². The molecule has 150 valence electrons. The molecular formula is C21H21N3O4S. The lowest BCUT2D eigenvalue weighted by atomic mass is 10.1. The van der Waals surface area contributed by atoms with Gasteiger partial charge < -0.3 is 4.90 Å². The Morgan fingerprint density at radius 3 is 2.17 bits per heavy atom. The summed E-state index contributed by atoms with van der Waals surface area (Å²) in [5, 5.41) is 8.81. The lowest BCUT2D eigenvalue weighted by Crippen LogP contribution is -2.27. The molecule has 2 aromatic rings. The number of nitriles is 1. The van der Waals surface area contributed by atoms with E-state index in [9.17, 15) is 18.0 Å². The molecular weight excluding hydrogens is 390 g/mol. The first kappa shape index (κ1) is 21.9. The topological polar surface area (TPSA) is 98.5 Å². The third-order valence-electron chi connectivity index (χ3n) is 4.20. The summed E-state index contributed by atoms with van der Waals surface area (Å²) in [6.45, 7) is 1.82. The summed E-state index contributed by atoms with van der Waals surface area (Å²) < 4.78 is 23.4. The van der Waals surface area contributed by atoms with Gasteiger partial charge in [-0.15, -0.1) is 0 Å². The number of nitrogens with zero attached hydrogens (tertiary/aromatic N) is 3. The number of amides is 2. The van der Waals surface area contributed by atoms with Crippen molar-refractivity contribution in [1.29, 1.82) is 5.26 Å². The number of hydrogen-bond acceptors (Lipinski definition) is 5. The van der Waals surface area contributed by atoms with E-state index < -0.39 is 15.7 Å². The van der Waals surface area contributed by atoms with Crippen LogP contribution in [0.5, 0.6) is 0 Å². The highest BCUT2D eigenvalue weighted by Gasteiger charge is 2.18. The van der Waals surface area contributed by atoms with E-state index in [0.29, 0.717) is 23.4 Å². The number of benzene rings is 2. The molecule has 7 nitrogen and oxygen atoms in total. The Balaban J connectivity index is 2.55. The molecule has 0 aliphatic heterocycles. The van der Waals surface area contributed by atoms with E-state index in [1.165, 1.54) is 47.2 Å². The van der Waals surface area contributed by atoms with Gasteiger partial charge in [-0.3, -0.25) is 14.5 Å². The molecule has 0 heterocycles. The molecule has 2 aromatic carbocycles. The predicted molar refractivity (Wildman–Crippen MR) is 111 cm³/mol. The van der Waals surface area contributed by atoms with Gasteiger partial charge in [-0.2, -0.15) is 5.26 Å². The van der Waals surface area contributed by atoms with E-state index >= 15 is 0 Å². The number of rotatable bonds is 7. The molecule has 8 heteroatoms. The second-order valence-electron chi connectivity index (χ2n) is 6.49. The maximum Gasteiger partial charge on any atom is 0.249 e. The van der Waals surface area contributed by atoms with E-state index in [1.54, 1.807) is 12.1 Å². The number of hydrogen-bond donors (Lipinski definition) is 0. The van der Waals surface area contributed by atoms with Gasteiger partial charge in [0.25, 0.3) is 0 Å². The van der Waals surface area contributed by atoms with Crippen molar-refractivity contribution in [2.75, 3.05) is 24.7 Å². The largest absolute Gasteiger partial charge is 0.329 e. The van der Waals surface area contributed by atoms with Gasteiger partial charge in [0, 0.05) is 25.1 Å². The van der Waals surface area contributed by atoms with Crippen LogP contribution in [0, 0.1) is 18.3 Å². The fourth-order valence-electron chi connectivity index (χ4n) is 2.54. The fourth-order valence-corrected chi connectivity index (χ4v) is 3.17. The van der Waals surface area contributed by atoms with E-state index in [2.05, 4.69) is 0 Å². The summed E-state index contributed by atoms with van der Waals surface area (Å²) in [4.78, 5) is 27.0. The van der Waals surface area contributed by atoms with Crippen LogP contribution in [0.3, 0.4) is 0 Å². The van der Waals surface area contributed by atoms with Crippen LogP contribution >= 0.6 is 0 Å². The van der Waals surface area contributed by atoms with Crippen LogP contribution in [0.2, 0.25) is 0 Å². The highest BCUT2D eigenvalue weighted by atomic mass is 32.2. The van der Waals surface area contributed by atoms with Crippen LogP contribution in [0.1, 0.15) is 11.1 Å². The zero-order chi connectivity index (χ0) is 21.6. The normalized spacial score (nSPS) is 11.4. The molecule has 0 aliphatic rings. The highest BCUT2D eigenvalue weighted by Crippen LogP contribution is 2.27. The molecule has 0 fully saturated rings. The maximum absolute atomic E-state index is 12.5. The lowest BCUT2D eigenvalue weighted by Gasteiger charge is -2.22. The van der Waals surface area contributed by atoms with Gasteiger partial charge in [0.1, 0.15) is 6.54 Å². The summed E-state index contributed by atoms with van der Waals surface area (Å²) >= 11 is 0. The Labute approximate surface area is 170 Å². The van der Waals surface area contributed by atoms with Gasteiger partial charge in [0.2, 0.25) is 12.3 Å². The highest BCUT2D eigenvalue weighted by molar-refractivity contribution is 7.90. The Kier molecular flexibility index (Phi) is 6.91. The lowest BCUT2D eigenvalue weighted by molar-refractivity contribution is -0.124. The summed E-state index contributed by atoms with van der Waals surface area (Å²) in [7, 11) is -1.89. The molecule has 0 saturated heterocycles. The van der Waals surface area contributed by atoms with E-state index in [-0.39, 0.29) is 11.4 Å². The molecule has 0 N–H and O–H groups in total. The minimum Gasteiger partial charge on any atom is -0.329 e. The first-order chi connectivity index (χ1) is 13.7. The monoisotopic (exact) mass is 411 g/mol. The summed E-state index contributed by atoms with van der Waals surface area (Å²) in [6.07, 6.45) is 2.93. The van der Waals surface area contributed by atoms with E-state index in [4.69, 9.17) is 5.26 Å². The van der Waals surface area contributed by atoms with Gasteiger partial charge in [-0.25, -0.2) is 8.42 Å². The molecule has 0 spiro atoms. The summed E-state index contributed by atoms with van der Waals surface area (Å²) in [5.74, 6) is -0.443. The standard InChI is InChI=1S/C21H21N3O4S/c1-16-4-6-17(7-5-16)20(14-21(26)23(2)13-12-22)24(15-25)18-8-10-19(11-9-18)29(3,27)28/h4-11,14-15H,13H2,1-3H3/b20-14-. The number of sulfone groups is 1. The van der Waals surface area contributed by atoms with Gasteiger partial charge >= 0.3 is 0 Å². The van der Waals surface area contributed by atoms with Crippen LogP contribution in [-0.2, 0) is 19.4 Å². The molecule has 0 unspecified atom stereocenters. The maximum atomic E-state index is 12.5. The smallest absolute Gasteiger partial charge is 0.249 e. The second-order valence-corrected chi connectivity index (χ2v) is 8.51. The van der Waals surface area contributed by atoms with Crippen LogP contribution < -0.4 is 4.90 Å². The molecule has 0 saturated carbocycles. The zero-order valence-corrected chi connectivity index (χ0v) is 17.2. The minimum atomic E-state index is -3.38. The van der Waals surface area contributed by atoms with Gasteiger partial charge in [0.05, 0.1) is 16.7 Å². The van der Waals surface area contributed by atoms with Crippen molar-refractivity contribution in [3.05, 3.63) is 65.7 Å². The van der Waals surface area contributed by atoms with E-state index in [1.807, 2.05) is 25.1 Å². The zero-order valence-electron chi connectivity index (χ0n) is 16.4. The Morgan fingerprint density at radius 2 is 1.69 bits per heavy atom. The molecule has 0 atom stereocenters. The Morgan fingerprint density at radius 1 is 1.10 bits per heavy atom. The number of carbonyl (C=O) groups excluding carboxylic acids is 2. The predicted octanol–water partition coefficient (Wildman–Crippen LogP) is 2.38. The van der Waals surface area contributed by atoms with Crippen molar-refractivity contribution in [3.63, 3.8) is 0 Å². The van der Waals surface area contributed by atoms with Crippen LogP contribution in [-0.4, -0.2) is 45.5 Å². The first-order valence-electron chi connectivity index (χ1n) is 8.63. The van der Waals surface area contributed by atoms with Crippen molar-refractivity contribution in [1.82, 2.24) is 4.90 Å². The number of anilines is 1. The molecule has 0 radical (unpaired) electrons. The van der Waals surface area contributed by atoms with E-state index in [0.717, 1.165) is 11.8 Å². The van der Waals surface area contributed by atoms with Gasteiger partial charge in [0.15, 0.2) is 9.84 Å². The average molecular weight is 411 g/mol. The van der Waals surface area contributed by atoms with Crippen molar-refractivity contribution in [3.8, 4) is 6.07 Å². The third kappa shape index (κ3) is 5.53. The van der Waals surface area contributed by atoms with Crippen LogP contribution in [0.4, 0.5) is 5.69 Å². The van der Waals surface area contributed by atoms with Gasteiger partial charge in [-0.05, 0) is 36.8 Å². The quantitative estimate of drug-likeness (QED) is 0.396. The van der Waals surface area contributed by atoms with Crippen molar-refractivity contribution in [2.45, 2.75) is 11.8 Å². The summed E-state index contributed by atoms with van der Waals surface area (Å²) in [5.41, 5.74) is 2.33. The SMILES string of the molecule is Cc1ccc(/C(=C/C(=O)N(C)CC#N)N(C=O)c2ccc(S(C)(=O)=O)cc2)cc1. The minimum absolute atomic E-state index is 0.0966. The van der Waals surface area contributed by atoms with Crippen molar-refractivity contribution >= 4 is 33.5 Å². The molecule has 0 aliphatic carbocycles. The Bertz CT molecular complexity index is 1070. The first-order valence-corrected chi connectivity index (χ1v) is 10.5. The van der Waals surface area contributed by atoms with Crippen molar-refractivity contribution in [2.24, 2.45) is 0 Å². The molecule has 0 bridgehead atoms. The molecule has 2 rings (SSSR count). The van der Waals surface area contributed by atoms with Crippen LogP contribution in [0.15, 0.2) is 59.5 Å². The van der Waals surface area contributed by atoms with Crippen molar-refractivity contribution < 1.29 is 18.0 Å². The Hall–Kier alpha value is -3.44. The molecule has 29 heavy (non-hydrogen) atoms.